The van der Waals surface area contributed by atoms with Crippen LogP contribution in [0.3, 0.4) is 0 Å². The number of hydrogen-bond acceptors (Lipinski definition) is 3. The predicted molar refractivity (Wildman–Crippen MR) is 86.1 cm³/mol. The van der Waals surface area contributed by atoms with Crippen LogP contribution < -0.4 is 5.32 Å². The van der Waals surface area contributed by atoms with Crippen molar-refractivity contribution in [1.82, 2.24) is 15.1 Å². The monoisotopic (exact) mass is 289 g/mol. The van der Waals surface area contributed by atoms with Crippen molar-refractivity contribution >= 4 is 5.91 Å². The van der Waals surface area contributed by atoms with Crippen molar-refractivity contribution in [2.75, 3.05) is 39.8 Å². The van der Waals surface area contributed by atoms with Gasteiger partial charge in [0.25, 0.3) is 0 Å². The van der Waals surface area contributed by atoms with Gasteiger partial charge in [-0.2, -0.15) is 0 Å². The quantitative estimate of drug-likeness (QED) is 0.892. The van der Waals surface area contributed by atoms with Crippen LogP contribution in [-0.4, -0.2) is 55.5 Å². The number of piperazine rings is 1. The minimum absolute atomic E-state index is 0.0679. The van der Waals surface area contributed by atoms with Crippen molar-refractivity contribution in [3.8, 4) is 0 Å². The Labute approximate surface area is 128 Å². The van der Waals surface area contributed by atoms with Gasteiger partial charge < -0.3 is 10.2 Å². The van der Waals surface area contributed by atoms with Crippen LogP contribution in [0.25, 0.3) is 0 Å². The summed E-state index contributed by atoms with van der Waals surface area (Å²) in [6.07, 6.45) is 0. The SMILES string of the molecule is CNCC(C)C(=O)N1CCN(Cc2cccc(C)c2)CC1. The fourth-order valence-electron chi connectivity index (χ4n) is 2.90. The Kier molecular flexibility index (Phi) is 5.76. The van der Waals surface area contributed by atoms with Crippen LogP contribution in [0.15, 0.2) is 24.3 Å². The molecule has 1 saturated heterocycles. The van der Waals surface area contributed by atoms with Gasteiger partial charge in [-0.25, -0.2) is 0 Å². The number of amides is 1. The number of nitrogens with one attached hydrogen (secondary N) is 1. The van der Waals surface area contributed by atoms with Crippen LogP contribution in [-0.2, 0) is 11.3 Å². The van der Waals surface area contributed by atoms with Gasteiger partial charge in [-0.05, 0) is 19.5 Å². The largest absolute Gasteiger partial charge is 0.340 e. The number of hydrogen-bond donors (Lipinski definition) is 1. The average Bonchev–Trinajstić information content (AvgIpc) is 2.47. The van der Waals surface area contributed by atoms with E-state index in [1.54, 1.807) is 0 Å². The molecule has 116 valence electrons. The molecule has 1 unspecified atom stereocenters. The standard InChI is InChI=1S/C17H27N3O/c1-14-5-4-6-16(11-14)13-19-7-9-20(10-8-19)17(21)15(2)12-18-3/h4-6,11,15,18H,7-10,12-13H2,1-3H3. The normalized spacial score (nSPS) is 17.8. The van der Waals surface area contributed by atoms with Crippen molar-refractivity contribution in [1.29, 1.82) is 0 Å². The van der Waals surface area contributed by atoms with E-state index in [9.17, 15) is 4.79 Å². The van der Waals surface area contributed by atoms with E-state index >= 15 is 0 Å². The first kappa shape index (κ1) is 16.0. The Balaban J connectivity index is 1.82. The summed E-state index contributed by atoms with van der Waals surface area (Å²) in [4.78, 5) is 16.7. The Hall–Kier alpha value is -1.39. The van der Waals surface area contributed by atoms with Gasteiger partial charge in [-0.1, -0.05) is 36.8 Å². The second-order valence-corrected chi connectivity index (χ2v) is 6.05. The summed E-state index contributed by atoms with van der Waals surface area (Å²) >= 11 is 0. The maximum absolute atomic E-state index is 12.3. The van der Waals surface area contributed by atoms with Gasteiger partial charge in [0.05, 0.1) is 0 Å². The van der Waals surface area contributed by atoms with Gasteiger partial charge in [0, 0.05) is 45.2 Å². The molecule has 0 saturated carbocycles. The lowest BCUT2D eigenvalue weighted by atomic mass is 10.1. The highest BCUT2D eigenvalue weighted by atomic mass is 16.2. The van der Waals surface area contributed by atoms with E-state index in [1.165, 1.54) is 11.1 Å². The molecule has 1 aromatic rings. The molecule has 1 fully saturated rings. The lowest BCUT2D eigenvalue weighted by molar-refractivity contribution is -0.136. The highest BCUT2D eigenvalue weighted by Gasteiger charge is 2.24. The van der Waals surface area contributed by atoms with E-state index in [0.29, 0.717) is 0 Å². The average molecular weight is 289 g/mol. The molecule has 4 nitrogen and oxygen atoms in total. The number of nitrogens with zero attached hydrogens (tertiary/aromatic N) is 2. The van der Waals surface area contributed by atoms with E-state index in [4.69, 9.17) is 0 Å². The zero-order valence-electron chi connectivity index (χ0n) is 13.4. The Bertz CT molecular complexity index is 467. The fourth-order valence-corrected chi connectivity index (χ4v) is 2.90. The van der Waals surface area contributed by atoms with Crippen LogP contribution in [0.5, 0.6) is 0 Å². The van der Waals surface area contributed by atoms with Gasteiger partial charge >= 0.3 is 0 Å². The van der Waals surface area contributed by atoms with E-state index in [-0.39, 0.29) is 11.8 Å². The zero-order valence-corrected chi connectivity index (χ0v) is 13.4. The molecule has 1 amide bonds. The molecule has 4 heteroatoms. The molecular weight excluding hydrogens is 262 g/mol. The number of carbonyl (C=O) groups excluding carboxylic acids is 1. The highest BCUT2D eigenvalue weighted by molar-refractivity contribution is 5.78. The summed E-state index contributed by atoms with van der Waals surface area (Å²) in [7, 11) is 1.89. The van der Waals surface area contributed by atoms with Crippen molar-refractivity contribution in [2.45, 2.75) is 20.4 Å². The second kappa shape index (κ2) is 7.57. The molecule has 21 heavy (non-hydrogen) atoms. The maximum Gasteiger partial charge on any atom is 0.226 e. The third-order valence-corrected chi connectivity index (χ3v) is 4.10. The van der Waals surface area contributed by atoms with E-state index in [2.05, 4.69) is 41.4 Å². The molecule has 1 heterocycles. The highest BCUT2D eigenvalue weighted by Crippen LogP contribution is 2.12. The van der Waals surface area contributed by atoms with Gasteiger partial charge in [0.1, 0.15) is 0 Å². The lowest BCUT2D eigenvalue weighted by Crippen LogP contribution is -2.50. The molecule has 0 radical (unpaired) electrons. The number of benzene rings is 1. The third kappa shape index (κ3) is 4.55. The third-order valence-electron chi connectivity index (χ3n) is 4.10. The molecule has 0 aromatic heterocycles. The lowest BCUT2D eigenvalue weighted by Gasteiger charge is -2.36. The van der Waals surface area contributed by atoms with E-state index in [0.717, 1.165) is 39.3 Å². The number of carbonyl (C=O) groups is 1. The molecule has 1 atom stereocenters. The van der Waals surface area contributed by atoms with Gasteiger partial charge in [-0.3, -0.25) is 9.69 Å². The van der Waals surface area contributed by atoms with Crippen LogP contribution in [0.4, 0.5) is 0 Å². The summed E-state index contributed by atoms with van der Waals surface area (Å²) in [6.45, 7) is 9.48. The molecule has 1 N–H and O–H groups in total. The van der Waals surface area contributed by atoms with E-state index < -0.39 is 0 Å². The van der Waals surface area contributed by atoms with Crippen LogP contribution in [0, 0.1) is 12.8 Å². The molecule has 2 rings (SSSR count). The number of aryl methyl sites for hydroxylation is 1. The van der Waals surface area contributed by atoms with E-state index in [1.807, 2.05) is 18.9 Å². The van der Waals surface area contributed by atoms with Crippen molar-refractivity contribution in [3.05, 3.63) is 35.4 Å². The smallest absolute Gasteiger partial charge is 0.226 e. The number of rotatable bonds is 5. The summed E-state index contributed by atoms with van der Waals surface area (Å²) in [6, 6.07) is 8.67. The van der Waals surface area contributed by atoms with Crippen molar-refractivity contribution in [2.24, 2.45) is 5.92 Å². The summed E-state index contributed by atoms with van der Waals surface area (Å²) in [5.74, 6) is 0.345. The first-order valence-electron chi connectivity index (χ1n) is 7.81. The molecular formula is C17H27N3O. The Morgan fingerprint density at radius 1 is 1.29 bits per heavy atom. The van der Waals surface area contributed by atoms with Gasteiger partial charge in [0.15, 0.2) is 0 Å². The summed E-state index contributed by atoms with van der Waals surface area (Å²) < 4.78 is 0. The molecule has 1 aromatic carbocycles. The Morgan fingerprint density at radius 2 is 2.00 bits per heavy atom. The van der Waals surface area contributed by atoms with Crippen LogP contribution in [0.2, 0.25) is 0 Å². The van der Waals surface area contributed by atoms with Gasteiger partial charge in [0.2, 0.25) is 5.91 Å². The zero-order chi connectivity index (χ0) is 15.2. The molecule has 1 aliphatic heterocycles. The fraction of sp³-hybridized carbons (Fsp3) is 0.588. The predicted octanol–water partition coefficient (Wildman–Crippen LogP) is 1.49. The van der Waals surface area contributed by atoms with Crippen molar-refractivity contribution in [3.63, 3.8) is 0 Å². The first-order chi connectivity index (χ1) is 10.1. The minimum atomic E-state index is 0.0679. The van der Waals surface area contributed by atoms with Crippen LogP contribution in [0.1, 0.15) is 18.1 Å². The molecule has 0 bridgehead atoms. The molecule has 0 aliphatic carbocycles. The first-order valence-corrected chi connectivity index (χ1v) is 7.81. The second-order valence-electron chi connectivity index (χ2n) is 6.05. The summed E-state index contributed by atoms with van der Waals surface area (Å²) in [5.41, 5.74) is 2.67. The maximum atomic E-state index is 12.3. The summed E-state index contributed by atoms with van der Waals surface area (Å²) in [5, 5.41) is 3.08. The van der Waals surface area contributed by atoms with Crippen LogP contribution >= 0.6 is 0 Å². The molecule has 1 aliphatic rings. The van der Waals surface area contributed by atoms with Gasteiger partial charge in [-0.15, -0.1) is 0 Å². The molecule has 0 spiro atoms. The topological polar surface area (TPSA) is 35.6 Å². The van der Waals surface area contributed by atoms with Crippen molar-refractivity contribution < 1.29 is 4.79 Å². The minimum Gasteiger partial charge on any atom is -0.340 e. The Morgan fingerprint density at radius 3 is 2.62 bits per heavy atom.